The Morgan fingerprint density at radius 1 is 1.36 bits per heavy atom. The van der Waals surface area contributed by atoms with Gasteiger partial charge in [-0.25, -0.2) is 13.2 Å². The van der Waals surface area contributed by atoms with Gasteiger partial charge in [0.15, 0.2) is 0 Å². The van der Waals surface area contributed by atoms with Crippen LogP contribution in [0.1, 0.15) is 39.0 Å². The van der Waals surface area contributed by atoms with E-state index in [1.807, 2.05) is 6.26 Å². The number of thioether (sulfide) groups is 1. The summed E-state index contributed by atoms with van der Waals surface area (Å²) in [5.74, 6) is -3.11. The number of nitrogens with one attached hydrogen (secondary N) is 1. The molecule has 0 radical (unpaired) electrons. The summed E-state index contributed by atoms with van der Waals surface area (Å²) in [6, 6.07) is 3.19. The molecule has 1 atom stereocenters. The van der Waals surface area contributed by atoms with Gasteiger partial charge in [0.25, 0.3) is 0 Å². The molecule has 1 unspecified atom stereocenters. The summed E-state index contributed by atoms with van der Waals surface area (Å²) in [4.78, 5) is 13.7. The Morgan fingerprint density at radius 3 is 2.67 bits per heavy atom. The molecule has 2 aliphatic heterocycles. The third kappa shape index (κ3) is 5.64. The maximum atomic E-state index is 13.7. The van der Waals surface area contributed by atoms with Crippen LogP contribution < -0.4 is 15.0 Å². The molecule has 0 aliphatic carbocycles. The number of carboxylic acids is 1. The predicted molar refractivity (Wildman–Crippen MR) is 127 cm³/mol. The fraction of sp³-hybridized carbons (Fsp3) is 0.591. The Bertz CT molecular complexity index is 996. The Morgan fingerprint density at radius 2 is 2.06 bits per heavy atom. The van der Waals surface area contributed by atoms with Crippen molar-refractivity contribution in [3.05, 3.63) is 24.2 Å². The van der Waals surface area contributed by atoms with Crippen LogP contribution in [-0.4, -0.2) is 68.8 Å². The molecule has 2 heterocycles. The second-order valence-electron chi connectivity index (χ2n) is 8.31. The topological polar surface area (TPSA) is 99.2 Å². The predicted octanol–water partition coefficient (Wildman–Crippen LogP) is 3.43. The lowest BCUT2D eigenvalue weighted by atomic mass is 10.0. The van der Waals surface area contributed by atoms with Crippen LogP contribution in [0.15, 0.2) is 34.0 Å². The first-order valence-corrected chi connectivity index (χ1v) is 13.8. The third-order valence-corrected chi connectivity index (χ3v) is 8.97. The average Bonchev–Trinajstić information content (AvgIpc) is 2.89. The van der Waals surface area contributed by atoms with Crippen molar-refractivity contribution in [3.63, 3.8) is 0 Å². The van der Waals surface area contributed by atoms with E-state index in [9.17, 15) is 17.6 Å². The van der Waals surface area contributed by atoms with Crippen molar-refractivity contribution in [2.75, 3.05) is 37.8 Å². The van der Waals surface area contributed by atoms with E-state index in [4.69, 9.17) is 9.84 Å². The number of anilines is 1. The van der Waals surface area contributed by atoms with E-state index in [-0.39, 0.29) is 22.7 Å². The summed E-state index contributed by atoms with van der Waals surface area (Å²) in [6.07, 6.45) is 6.76. The van der Waals surface area contributed by atoms with Gasteiger partial charge >= 0.3 is 5.97 Å². The Hall–Kier alpha value is -1.82. The van der Waals surface area contributed by atoms with E-state index in [0.29, 0.717) is 23.4 Å². The van der Waals surface area contributed by atoms with Gasteiger partial charge in [0.2, 0.25) is 15.9 Å². The lowest BCUT2D eigenvalue weighted by molar-refractivity contribution is -0.134. The highest BCUT2D eigenvalue weighted by molar-refractivity contribution is 7.98. The molecule has 0 amide bonds. The SMILES string of the molecule is CCCCC1CN(C2CCNCC2)c2cc(SC)c(O/C=C(\F)C(=O)O)cc2S(=O)(=O)N1C. The number of hydrogen-bond acceptors (Lipinski definition) is 7. The molecule has 1 aromatic carbocycles. The summed E-state index contributed by atoms with van der Waals surface area (Å²) >= 11 is 1.33. The first-order valence-electron chi connectivity index (χ1n) is 11.1. The average molecular weight is 502 g/mol. The smallest absolute Gasteiger partial charge is 0.368 e. The molecule has 1 saturated heterocycles. The number of sulfonamides is 1. The monoisotopic (exact) mass is 501 g/mol. The molecule has 184 valence electrons. The van der Waals surface area contributed by atoms with Gasteiger partial charge in [-0.05, 0) is 44.7 Å². The van der Waals surface area contributed by atoms with Crippen LogP contribution in [-0.2, 0) is 14.8 Å². The number of benzene rings is 1. The van der Waals surface area contributed by atoms with Crippen LogP contribution in [0.25, 0.3) is 0 Å². The Balaban J connectivity index is 2.14. The fourth-order valence-corrected chi connectivity index (χ4v) is 6.46. The number of carbonyl (C=O) groups is 1. The number of likely N-dealkylation sites (N-methyl/N-ethyl adjacent to an activating group) is 1. The van der Waals surface area contributed by atoms with E-state index >= 15 is 0 Å². The second-order valence-corrected chi connectivity index (χ2v) is 11.1. The van der Waals surface area contributed by atoms with E-state index in [2.05, 4.69) is 17.1 Å². The van der Waals surface area contributed by atoms with Gasteiger partial charge < -0.3 is 20.1 Å². The van der Waals surface area contributed by atoms with E-state index in [1.54, 1.807) is 13.1 Å². The maximum absolute atomic E-state index is 13.7. The highest BCUT2D eigenvalue weighted by Crippen LogP contribution is 2.42. The maximum Gasteiger partial charge on any atom is 0.368 e. The first-order chi connectivity index (χ1) is 15.7. The number of halogens is 1. The normalized spacial score (nSPS) is 22.0. The zero-order chi connectivity index (χ0) is 24.2. The van der Waals surface area contributed by atoms with Gasteiger partial charge in [0.05, 0.1) is 10.6 Å². The molecule has 33 heavy (non-hydrogen) atoms. The van der Waals surface area contributed by atoms with Crippen LogP contribution in [0.2, 0.25) is 0 Å². The molecule has 0 bridgehead atoms. The number of rotatable bonds is 8. The molecule has 0 saturated carbocycles. The molecule has 1 aromatic rings. The number of nitrogens with zero attached hydrogens (tertiary/aromatic N) is 2. The fourth-order valence-electron chi connectivity index (χ4n) is 4.35. The second kappa shape index (κ2) is 11.1. The molecule has 8 nitrogen and oxygen atoms in total. The highest BCUT2D eigenvalue weighted by Gasteiger charge is 2.39. The van der Waals surface area contributed by atoms with E-state index in [1.165, 1.54) is 22.1 Å². The Kier molecular flexibility index (Phi) is 8.65. The minimum absolute atomic E-state index is 0.0967. The van der Waals surface area contributed by atoms with Crippen molar-refractivity contribution in [2.45, 2.75) is 60.9 Å². The van der Waals surface area contributed by atoms with Crippen molar-refractivity contribution in [3.8, 4) is 5.75 Å². The van der Waals surface area contributed by atoms with Crippen molar-refractivity contribution in [1.29, 1.82) is 0 Å². The quantitative estimate of drug-likeness (QED) is 0.318. The first kappa shape index (κ1) is 25.8. The van der Waals surface area contributed by atoms with Crippen molar-refractivity contribution >= 4 is 33.4 Å². The molecule has 2 N–H and O–H groups in total. The van der Waals surface area contributed by atoms with Crippen molar-refractivity contribution in [2.24, 2.45) is 0 Å². The number of fused-ring (bicyclic) bond motifs is 1. The summed E-state index contributed by atoms with van der Waals surface area (Å²) in [5, 5.41) is 12.1. The number of hydrogen-bond donors (Lipinski definition) is 2. The molecular weight excluding hydrogens is 469 g/mol. The summed E-state index contributed by atoms with van der Waals surface area (Å²) in [5.41, 5.74) is 0.618. The Labute approximate surface area is 199 Å². The largest absolute Gasteiger partial charge is 0.476 e. The molecule has 3 rings (SSSR count). The summed E-state index contributed by atoms with van der Waals surface area (Å²) in [7, 11) is -2.25. The van der Waals surface area contributed by atoms with E-state index in [0.717, 1.165) is 45.2 Å². The van der Waals surface area contributed by atoms with Gasteiger partial charge in [-0.2, -0.15) is 8.70 Å². The lowest BCUT2D eigenvalue weighted by Crippen LogP contribution is -2.48. The van der Waals surface area contributed by atoms with Gasteiger partial charge in [0, 0.05) is 31.7 Å². The summed E-state index contributed by atoms with van der Waals surface area (Å²) in [6.45, 7) is 4.42. The van der Waals surface area contributed by atoms with Gasteiger partial charge in [-0.15, -0.1) is 11.8 Å². The number of unbranched alkanes of at least 4 members (excludes halogenated alkanes) is 1. The van der Waals surface area contributed by atoms with Crippen LogP contribution in [0.5, 0.6) is 5.75 Å². The van der Waals surface area contributed by atoms with Crippen LogP contribution in [0.3, 0.4) is 0 Å². The molecule has 2 aliphatic rings. The number of aliphatic carboxylic acids is 1. The third-order valence-electron chi connectivity index (χ3n) is 6.27. The van der Waals surface area contributed by atoms with Crippen molar-refractivity contribution < 1.29 is 27.4 Å². The van der Waals surface area contributed by atoms with Crippen LogP contribution in [0.4, 0.5) is 10.1 Å². The molecule has 11 heteroatoms. The minimum Gasteiger partial charge on any atom is -0.476 e. The highest BCUT2D eigenvalue weighted by atomic mass is 32.2. The lowest BCUT2D eigenvalue weighted by Gasteiger charge is -2.38. The molecule has 0 aromatic heterocycles. The zero-order valence-corrected chi connectivity index (χ0v) is 20.8. The van der Waals surface area contributed by atoms with Gasteiger partial charge in [0.1, 0.15) is 16.9 Å². The number of carboxylic acid groups (broad SMARTS) is 1. The number of ether oxygens (including phenoxy) is 1. The van der Waals surface area contributed by atoms with E-state index < -0.39 is 21.8 Å². The zero-order valence-electron chi connectivity index (χ0n) is 19.2. The minimum atomic E-state index is -3.85. The number of piperidine rings is 1. The van der Waals surface area contributed by atoms with Crippen molar-refractivity contribution in [1.82, 2.24) is 9.62 Å². The summed E-state index contributed by atoms with van der Waals surface area (Å²) < 4.78 is 47.6. The van der Waals surface area contributed by atoms with Gasteiger partial charge in [-0.3, -0.25) is 0 Å². The standard InChI is InChI=1S/C22H32FN3O5S2/c1-4-5-6-16-13-26(15-7-9-24-10-8-15)18-11-20(32-3)19(31-14-17(23)22(27)28)12-21(18)33(29,30)25(16)2/h11-12,14-16,24H,4-10,13H2,1-3H3,(H,27,28)/b17-14-. The molecular formula is C22H32FN3O5S2. The molecule has 1 fully saturated rings. The van der Waals surface area contributed by atoms with Crippen LogP contribution in [0, 0.1) is 0 Å². The van der Waals surface area contributed by atoms with Gasteiger partial charge in [-0.1, -0.05) is 19.8 Å². The molecule has 0 spiro atoms. The van der Waals surface area contributed by atoms with Crippen LogP contribution >= 0.6 is 11.8 Å².